The third-order valence-electron chi connectivity index (χ3n) is 4.35. The predicted molar refractivity (Wildman–Crippen MR) is 96.4 cm³/mol. The third-order valence-corrected chi connectivity index (χ3v) is 4.35. The number of aryl methyl sites for hydroxylation is 1. The van der Waals surface area contributed by atoms with Crippen molar-refractivity contribution in [1.29, 1.82) is 0 Å². The van der Waals surface area contributed by atoms with Crippen molar-refractivity contribution in [1.82, 2.24) is 14.9 Å². The van der Waals surface area contributed by atoms with Crippen molar-refractivity contribution < 1.29 is 14.3 Å². The molecule has 0 aliphatic carbocycles. The van der Waals surface area contributed by atoms with Crippen LogP contribution in [-0.4, -0.2) is 38.0 Å². The first-order chi connectivity index (χ1) is 12.2. The van der Waals surface area contributed by atoms with Crippen LogP contribution in [0.2, 0.25) is 0 Å². The van der Waals surface area contributed by atoms with Crippen LogP contribution in [0.4, 0.5) is 15.9 Å². The van der Waals surface area contributed by atoms with Gasteiger partial charge >= 0.3 is 0 Å². The molecule has 3 rings (SSSR count). The largest absolute Gasteiger partial charge is 0.381 e. The van der Waals surface area contributed by atoms with Gasteiger partial charge < -0.3 is 15.3 Å². The summed E-state index contributed by atoms with van der Waals surface area (Å²) in [6.07, 6.45) is 2.81. The first-order valence-electron chi connectivity index (χ1n) is 8.64. The zero-order valence-corrected chi connectivity index (χ0v) is 15.2. The summed E-state index contributed by atoms with van der Waals surface area (Å²) in [5.41, 5.74) is 0.930. The Hall–Kier alpha value is -2.54. The van der Waals surface area contributed by atoms with Gasteiger partial charge in [0, 0.05) is 17.9 Å². The molecule has 0 radical (unpaired) electrons. The second kappa shape index (κ2) is 6.99. The van der Waals surface area contributed by atoms with Gasteiger partial charge in [-0.3, -0.25) is 9.78 Å². The maximum Gasteiger partial charge on any atom is 0.254 e. The Morgan fingerprint density at radius 3 is 2.81 bits per heavy atom. The summed E-state index contributed by atoms with van der Waals surface area (Å²) in [5.74, 6) is -0.161. The van der Waals surface area contributed by atoms with Crippen LogP contribution in [-0.2, 0) is 4.79 Å². The fourth-order valence-corrected chi connectivity index (χ4v) is 3.20. The summed E-state index contributed by atoms with van der Waals surface area (Å²) < 4.78 is 13.0. The summed E-state index contributed by atoms with van der Waals surface area (Å²) in [4.78, 5) is 22.8. The fraction of sp³-hybridized carbons (Fsp3) is 0.421. The molecule has 138 valence electrons. The minimum atomic E-state index is -1.41. The van der Waals surface area contributed by atoms with Crippen molar-refractivity contribution in [2.45, 2.75) is 45.3 Å². The standard InChI is InChI=1S/C19H23FN4O2/c1-12-9-14(23-17-7-6-13(20)11-21-17)10-15(22-12)16-5-4-8-24(16)18(25)19(2,3)26/h6-7,9-11,16,26H,4-5,8H2,1-3H3,(H,21,22,23)/t16-/m0/s1. The molecule has 2 aromatic heterocycles. The highest BCUT2D eigenvalue weighted by Crippen LogP contribution is 2.34. The number of pyridine rings is 2. The van der Waals surface area contributed by atoms with E-state index in [1.54, 1.807) is 11.0 Å². The molecule has 0 spiro atoms. The quantitative estimate of drug-likeness (QED) is 0.878. The molecule has 0 unspecified atom stereocenters. The Morgan fingerprint density at radius 1 is 1.38 bits per heavy atom. The number of nitrogens with zero attached hydrogens (tertiary/aromatic N) is 3. The van der Waals surface area contributed by atoms with E-state index in [-0.39, 0.29) is 11.9 Å². The molecular formula is C19H23FN4O2. The fourth-order valence-electron chi connectivity index (χ4n) is 3.20. The SMILES string of the molecule is Cc1cc(Nc2ccc(F)cn2)cc([C@@H]2CCCN2C(=O)C(C)(C)O)n1. The highest BCUT2D eigenvalue weighted by molar-refractivity contribution is 5.84. The van der Waals surface area contributed by atoms with Crippen LogP contribution in [0, 0.1) is 12.7 Å². The summed E-state index contributed by atoms with van der Waals surface area (Å²) in [7, 11) is 0. The zero-order valence-electron chi connectivity index (χ0n) is 15.2. The molecule has 26 heavy (non-hydrogen) atoms. The van der Waals surface area contributed by atoms with E-state index < -0.39 is 11.4 Å². The van der Waals surface area contributed by atoms with Crippen LogP contribution in [0.15, 0.2) is 30.5 Å². The molecule has 2 N–H and O–H groups in total. The van der Waals surface area contributed by atoms with E-state index >= 15 is 0 Å². The normalized spacial score (nSPS) is 17.4. The number of halogens is 1. The lowest BCUT2D eigenvalue weighted by atomic mass is 10.1. The molecule has 7 heteroatoms. The Labute approximate surface area is 152 Å². The molecule has 0 saturated carbocycles. The van der Waals surface area contributed by atoms with Crippen LogP contribution in [0.5, 0.6) is 0 Å². The van der Waals surface area contributed by atoms with Crippen molar-refractivity contribution in [2.24, 2.45) is 0 Å². The maximum absolute atomic E-state index is 13.0. The Balaban J connectivity index is 1.87. The number of rotatable bonds is 4. The zero-order chi connectivity index (χ0) is 18.9. The summed E-state index contributed by atoms with van der Waals surface area (Å²) >= 11 is 0. The van der Waals surface area contributed by atoms with Crippen LogP contribution in [0.25, 0.3) is 0 Å². The molecule has 3 heterocycles. The van der Waals surface area contributed by atoms with Crippen LogP contribution >= 0.6 is 0 Å². The lowest BCUT2D eigenvalue weighted by Crippen LogP contribution is -2.44. The van der Waals surface area contributed by atoms with Gasteiger partial charge in [-0.1, -0.05) is 0 Å². The van der Waals surface area contributed by atoms with Gasteiger partial charge in [-0.15, -0.1) is 0 Å². The van der Waals surface area contributed by atoms with Gasteiger partial charge in [-0.25, -0.2) is 9.37 Å². The van der Waals surface area contributed by atoms with Crippen molar-refractivity contribution in [3.8, 4) is 0 Å². The van der Waals surface area contributed by atoms with E-state index in [1.807, 2.05) is 19.1 Å². The molecular weight excluding hydrogens is 335 g/mol. The van der Waals surface area contributed by atoms with Crippen molar-refractivity contribution in [3.63, 3.8) is 0 Å². The number of nitrogens with one attached hydrogen (secondary N) is 1. The number of hydrogen-bond acceptors (Lipinski definition) is 5. The van der Waals surface area contributed by atoms with Gasteiger partial charge in [-0.2, -0.15) is 0 Å². The third kappa shape index (κ3) is 3.99. The molecule has 1 aliphatic rings. The topological polar surface area (TPSA) is 78.4 Å². The molecule has 6 nitrogen and oxygen atoms in total. The molecule has 1 fully saturated rings. The van der Waals surface area contributed by atoms with Crippen LogP contribution in [0.1, 0.15) is 44.1 Å². The Kier molecular flexibility index (Phi) is 4.91. The first-order valence-corrected chi connectivity index (χ1v) is 8.64. The summed E-state index contributed by atoms with van der Waals surface area (Å²) in [6.45, 7) is 5.48. The minimum Gasteiger partial charge on any atom is -0.381 e. The van der Waals surface area contributed by atoms with E-state index in [9.17, 15) is 14.3 Å². The molecule has 0 bridgehead atoms. The minimum absolute atomic E-state index is 0.171. The molecule has 1 saturated heterocycles. The highest BCUT2D eigenvalue weighted by atomic mass is 19.1. The van der Waals surface area contributed by atoms with E-state index in [4.69, 9.17) is 0 Å². The first kappa shape index (κ1) is 18.3. The summed E-state index contributed by atoms with van der Waals surface area (Å²) in [5, 5.41) is 13.2. The summed E-state index contributed by atoms with van der Waals surface area (Å²) in [6, 6.07) is 6.47. The number of hydrogen-bond donors (Lipinski definition) is 2. The van der Waals surface area contributed by atoms with E-state index in [2.05, 4.69) is 15.3 Å². The number of likely N-dealkylation sites (tertiary alicyclic amines) is 1. The van der Waals surface area contributed by atoms with Crippen LogP contribution < -0.4 is 5.32 Å². The average Bonchev–Trinajstić information content (AvgIpc) is 3.04. The van der Waals surface area contributed by atoms with Gasteiger partial charge in [0.05, 0.1) is 17.9 Å². The Morgan fingerprint density at radius 2 is 2.15 bits per heavy atom. The maximum atomic E-state index is 13.0. The lowest BCUT2D eigenvalue weighted by Gasteiger charge is -2.30. The monoisotopic (exact) mass is 358 g/mol. The van der Waals surface area contributed by atoms with Gasteiger partial charge in [0.1, 0.15) is 17.2 Å². The lowest BCUT2D eigenvalue weighted by molar-refractivity contribution is -0.148. The van der Waals surface area contributed by atoms with Gasteiger partial charge in [0.2, 0.25) is 0 Å². The van der Waals surface area contributed by atoms with Gasteiger partial charge in [0.25, 0.3) is 5.91 Å². The molecule has 1 amide bonds. The molecule has 1 atom stereocenters. The van der Waals surface area contributed by atoms with Crippen LogP contribution in [0.3, 0.4) is 0 Å². The highest BCUT2D eigenvalue weighted by Gasteiger charge is 2.37. The Bertz CT molecular complexity index is 802. The molecule has 0 aromatic carbocycles. The second-order valence-corrected chi connectivity index (χ2v) is 7.12. The second-order valence-electron chi connectivity index (χ2n) is 7.12. The predicted octanol–water partition coefficient (Wildman–Crippen LogP) is 3.10. The average molecular weight is 358 g/mol. The molecule has 1 aliphatic heterocycles. The number of aromatic nitrogens is 2. The van der Waals surface area contributed by atoms with Crippen molar-refractivity contribution >= 4 is 17.4 Å². The van der Waals surface area contributed by atoms with E-state index in [0.29, 0.717) is 12.4 Å². The number of carbonyl (C=O) groups is 1. The van der Waals surface area contributed by atoms with Crippen molar-refractivity contribution in [3.05, 3.63) is 47.7 Å². The number of amides is 1. The number of aliphatic hydroxyl groups is 1. The van der Waals surface area contributed by atoms with E-state index in [1.165, 1.54) is 19.9 Å². The smallest absolute Gasteiger partial charge is 0.254 e. The van der Waals surface area contributed by atoms with Gasteiger partial charge in [0.15, 0.2) is 0 Å². The number of carbonyl (C=O) groups excluding carboxylic acids is 1. The van der Waals surface area contributed by atoms with Crippen molar-refractivity contribution in [2.75, 3.05) is 11.9 Å². The number of anilines is 2. The molecule has 2 aromatic rings. The van der Waals surface area contributed by atoms with E-state index in [0.717, 1.165) is 36.1 Å². The van der Waals surface area contributed by atoms with Gasteiger partial charge in [-0.05, 0) is 57.9 Å².